The van der Waals surface area contributed by atoms with Crippen LogP contribution in [0.4, 0.5) is 0 Å². The van der Waals surface area contributed by atoms with Crippen LogP contribution in [0.5, 0.6) is 0 Å². The second-order valence-corrected chi connectivity index (χ2v) is 6.09. The first-order valence-corrected chi connectivity index (χ1v) is 7.49. The highest BCUT2D eigenvalue weighted by atomic mass is 16.1. The number of benzene rings is 1. The van der Waals surface area contributed by atoms with Gasteiger partial charge in [0.15, 0.2) is 5.78 Å². The third-order valence-electron chi connectivity index (χ3n) is 4.29. The maximum Gasteiger partial charge on any atom is 0.179 e. The molecule has 19 heavy (non-hydrogen) atoms. The van der Waals surface area contributed by atoms with Gasteiger partial charge in [0.2, 0.25) is 0 Å². The molecular weight excluding hydrogens is 234 g/mol. The number of carbonyl (C=O) groups excluding carboxylic acids is 1. The lowest BCUT2D eigenvalue weighted by Crippen LogP contribution is -2.35. The van der Waals surface area contributed by atoms with Gasteiger partial charge in [-0.1, -0.05) is 57.4 Å². The summed E-state index contributed by atoms with van der Waals surface area (Å²) in [5, 5.41) is 0. The molecule has 0 radical (unpaired) electrons. The number of hydrogen-bond acceptors (Lipinski definition) is 2. The van der Waals surface area contributed by atoms with Crippen molar-refractivity contribution in [2.45, 2.75) is 57.9 Å². The third-order valence-corrected chi connectivity index (χ3v) is 4.29. The van der Waals surface area contributed by atoms with Crippen LogP contribution in [0.1, 0.15) is 67.8 Å². The van der Waals surface area contributed by atoms with Gasteiger partial charge in [0.25, 0.3) is 0 Å². The van der Waals surface area contributed by atoms with Crippen LogP contribution in [0.25, 0.3) is 0 Å². The van der Waals surface area contributed by atoms with E-state index in [0.29, 0.717) is 5.92 Å². The van der Waals surface area contributed by atoms with Crippen molar-refractivity contribution in [3.05, 3.63) is 35.4 Å². The van der Waals surface area contributed by atoms with Crippen molar-refractivity contribution in [1.29, 1.82) is 0 Å². The van der Waals surface area contributed by atoms with E-state index >= 15 is 0 Å². The normalized spacial score (nSPS) is 18.5. The molecule has 2 rings (SSSR count). The van der Waals surface area contributed by atoms with Crippen molar-refractivity contribution in [3.63, 3.8) is 0 Å². The van der Waals surface area contributed by atoms with E-state index in [1.807, 2.05) is 26.0 Å². The Labute approximate surface area is 116 Å². The molecule has 0 saturated heterocycles. The third kappa shape index (κ3) is 3.44. The van der Waals surface area contributed by atoms with E-state index < -0.39 is 0 Å². The molecule has 2 nitrogen and oxygen atoms in total. The van der Waals surface area contributed by atoms with Crippen LogP contribution in [-0.4, -0.2) is 11.8 Å². The molecular formula is C17H25NO. The van der Waals surface area contributed by atoms with Crippen molar-refractivity contribution < 1.29 is 4.79 Å². The van der Waals surface area contributed by atoms with Crippen molar-refractivity contribution in [1.82, 2.24) is 0 Å². The number of carbonyl (C=O) groups is 1. The van der Waals surface area contributed by atoms with Gasteiger partial charge in [0.1, 0.15) is 0 Å². The quantitative estimate of drug-likeness (QED) is 0.833. The van der Waals surface area contributed by atoms with E-state index in [1.54, 1.807) is 0 Å². The molecule has 0 amide bonds. The van der Waals surface area contributed by atoms with Crippen LogP contribution in [0.15, 0.2) is 24.3 Å². The molecule has 2 heteroatoms. The minimum absolute atomic E-state index is 0.0604. The Morgan fingerprint density at radius 2 is 1.68 bits per heavy atom. The monoisotopic (exact) mass is 259 g/mol. The van der Waals surface area contributed by atoms with Crippen LogP contribution in [0.2, 0.25) is 0 Å². The van der Waals surface area contributed by atoms with Gasteiger partial charge in [-0.2, -0.15) is 0 Å². The lowest BCUT2D eigenvalue weighted by Gasteiger charge is -2.22. The first-order valence-electron chi connectivity index (χ1n) is 7.49. The number of nitrogens with two attached hydrogens (primary N) is 1. The van der Waals surface area contributed by atoms with Crippen molar-refractivity contribution in [2.75, 3.05) is 0 Å². The average Bonchev–Trinajstić information content (AvgIpc) is 2.46. The first-order chi connectivity index (χ1) is 9.09. The molecule has 0 aromatic heterocycles. The Bertz CT molecular complexity index is 415. The number of hydrogen-bond donors (Lipinski definition) is 1. The fraction of sp³-hybridized carbons (Fsp3) is 0.588. The minimum Gasteiger partial charge on any atom is -0.321 e. The highest BCUT2D eigenvalue weighted by Gasteiger charge is 2.20. The van der Waals surface area contributed by atoms with E-state index in [0.717, 1.165) is 5.56 Å². The van der Waals surface area contributed by atoms with Gasteiger partial charge < -0.3 is 5.73 Å². The lowest BCUT2D eigenvalue weighted by molar-refractivity contribution is 0.0940. The Balaban J connectivity index is 2.07. The molecule has 1 fully saturated rings. The summed E-state index contributed by atoms with van der Waals surface area (Å²) in [5.74, 6) is 0.937. The summed E-state index contributed by atoms with van der Waals surface area (Å²) >= 11 is 0. The summed E-state index contributed by atoms with van der Waals surface area (Å²) in [6.07, 6.45) is 6.63. The van der Waals surface area contributed by atoms with Gasteiger partial charge in [-0.25, -0.2) is 0 Å². The number of Topliss-reactive ketones (excluding diaryl/α,β-unsaturated/α-hetero) is 1. The zero-order valence-electron chi connectivity index (χ0n) is 12.1. The lowest BCUT2D eigenvalue weighted by atomic mass is 9.83. The van der Waals surface area contributed by atoms with Gasteiger partial charge in [-0.3, -0.25) is 4.79 Å². The Morgan fingerprint density at radius 1 is 1.11 bits per heavy atom. The molecule has 1 saturated carbocycles. The molecule has 1 unspecified atom stereocenters. The molecule has 0 bridgehead atoms. The molecule has 0 aliphatic heterocycles. The Kier molecular flexibility index (Phi) is 4.76. The van der Waals surface area contributed by atoms with E-state index in [4.69, 9.17) is 5.73 Å². The van der Waals surface area contributed by atoms with Crippen LogP contribution in [-0.2, 0) is 0 Å². The fourth-order valence-electron chi connectivity index (χ4n) is 2.85. The zero-order chi connectivity index (χ0) is 13.8. The van der Waals surface area contributed by atoms with Gasteiger partial charge in [0.05, 0.1) is 6.04 Å². The topological polar surface area (TPSA) is 43.1 Å². The van der Waals surface area contributed by atoms with E-state index in [1.165, 1.54) is 37.7 Å². The minimum atomic E-state index is -0.388. The van der Waals surface area contributed by atoms with Crippen molar-refractivity contribution in [2.24, 2.45) is 11.7 Å². The van der Waals surface area contributed by atoms with E-state index in [9.17, 15) is 4.79 Å². The van der Waals surface area contributed by atoms with E-state index in [2.05, 4.69) is 12.1 Å². The maximum atomic E-state index is 12.1. The molecule has 1 aliphatic rings. The summed E-state index contributed by atoms with van der Waals surface area (Å²) in [7, 11) is 0. The van der Waals surface area contributed by atoms with Crippen molar-refractivity contribution >= 4 is 5.78 Å². The molecule has 1 aromatic rings. The highest BCUT2D eigenvalue weighted by Crippen LogP contribution is 2.32. The molecule has 0 heterocycles. The maximum absolute atomic E-state index is 12.1. The summed E-state index contributed by atoms with van der Waals surface area (Å²) in [4.78, 5) is 12.1. The molecule has 104 valence electrons. The second kappa shape index (κ2) is 6.33. The zero-order valence-corrected chi connectivity index (χ0v) is 12.1. The highest BCUT2D eigenvalue weighted by molar-refractivity contribution is 6.00. The number of rotatable bonds is 4. The molecule has 1 aliphatic carbocycles. The van der Waals surface area contributed by atoms with Crippen LogP contribution in [0, 0.1) is 5.92 Å². The summed E-state index contributed by atoms with van der Waals surface area (Å²) in [6, 6.07) is 7.76. The van der Waals surface area contributed by atoms with Crippen molar-refractivity contribution in [3.8, 4) is 0 Å². The second-order valence-electron chi connectivity index (χ2n) is 6.09. The molecule has 1 aromatic carbocycles. The van der Waals surface area contributed by atoms with Gasteiger partial charge in [0, 0.05) is 5.56 Å². The molecule has 2 N–H and O–H groups in total. The van der Waals surface area contributed by atoms with Gasteiger partial charge in [-0.05, 0) is 30.2 Å². The SMILES string of the molecule is CC(C)C(N)C(=O)c1ccc(C2CCCCC2)cc1. The Morgan fingerprint density at radius 3 is 2.21 bits per heavy atom. The van der Waals surface area contributed by atoms with Gasteiger partial charge >= 0.3 is 0 Å². The predicted molar refractivity (Wildman–Crippen MR) is 79.4 cm³/mol. The summed E-state index contributed by atoms with van der Waals surface area (Å²) < 4.78 is 0. The first kappa shape index (κ1) is 14.3. The standard InChI is InChI=1S/C17H25NO/c1-12(2)16(18)17(19)15-10-8-14(9-11-15)13-6-4-3-5-7-13/h8-13,16H,3-7,18H2,1-2H3. The molecule has 1 atom stereocenters. The summed E-state index contributed by atoms with van der Waals surface area (Å²) in [6.45, 7) is 3.97. The van der Waals surface area contributed by atoms with Crippen LogP contribution < -0.4 is 5.73 Å². The van der Waals surface area contributed by atoms with Gasteiger partial charge in [-0.15, -0.1) is 0 Å². The summed E-state index contributed by atoms with van der Waals surface area (Å²) in [5.41, 5.74) is 8.06. The average molecular weight is 259 g/mol. The van der Waals surface area contributed by atoms with Crippen LogP contribution in [0.3, 0.4) is 0 Å². The predicted octanol–water partition coefficient (Wildman–Crippen LogP) is 3.90. The molecule has 0 spiro atoms. The Hall–Kier alpha value is -1.15. The number of ketones is 1. The fourth-order valence-corrected chi connectivity index (χ4v) is 2.85. The van der Waals surface area contributed by atoms with E-state index in [-0.39, 0.29) is 17.7 Å². The van der Waals surface area contributed by atoms with Crippen LogP contribution >= 0.6 is 0 Å². The largest absolute Gasteiger partial charge is 0.321 e. The smallest absolute Gasteiger partial charge is 0.179 e.